The summed E-state index contributed by atoms with van der Waals surface area (Å²) in [6.07, 6.45) is 0.460. The van der Waals surface area contributed by atoms with Crippen molar-refractivity contribution in [3.63, 3.8) is 0 Å². The lowest BCUT2D eigenvalue weighted by molar-refractivity contribution is -0.137. The third-order valence-electron chi connectivity index (χ3n) is 5.63. The van der Waals surface area contributed by atoms with Gasteiger partial charge in [-0.2, -0.15) is 13.2 Å². The highest BCUT2D eigenvalue weighted by atomic mass is 32.1. The number of nitrogens with zero attached hydrogens (tertiary/aromatic N) is 1. The number of halogens is 3. The second-order valence-electron chi connectivity index (χ2n) is 7.73. The van der Waals surface area contributed by atoms with Crippen LogP contribution in [0.2, 0.25) is 0 Å². The first-order valence-corrected chi connectivity index (χ1v) is 10.9. The van der Waals surface area contributed by atoms with E-state index in [-0.39, 0.29) is 17.9 Å². The normalized spacial score (nSPS) is 18.3. The predicted molar refractivity (Wildman–Crippen MR) is 116 cm³/mol. The molecule has 4 aromatic rings. The molecule has 9 heteroatoms. The van der Waals surface area contributed by atoms with Gasteiger partial charge in [0.2, 0.25) is 0 Å². The summed E-state index contributed by atoms with van der Waals surface area (Å²) >= 11 is 1.27. The number of anilines is 1. The Kier molecular flexibility index (Phi) is 5.13. The number of hydrogen-bond donors (Lipinski definition) is 2. The van der Waals surface area contributed by atoms with E-state index in [0.717, 1.165) is 41.4 Å². The maximum Gasteiger partial charge on any atom is 0.416 e. The standard InChI is InChI=1S/C23H18F3N3O2S/c24-23(25,26)15-3-1-13(2-4-15)14-9-17(10-14)31-16-5-6-19-18(11-16)20(12-28-19)29-21(30)22-27-7-8-32-22/h1-8,11-12,14,17,28H,9-10H2,(H,29,30)/t14-,17+. The van der Waals surface area contributed by atoms with Crippen molar-refractivity contribution in [3.8, 4) is 5.75 Å². The van der Waals surface area contributed by atoms with Crippen LogP contribution in [-0.2, 0) is 6.18 Å². The van der Waals surface area contributed by atoms with Crippen LogP contribution in [0.3, 0.4) is 0 Å². The fourth-order valence-electron chi connectivity index (χ4n) is 3.86. The molecule has 0 bridgehead atoms. The van der Waals surface area contributed by atoms with E-state index in [1.54, 1.807) is 29.9 Å². The molecular formula is C23H18F3N3O2S. The number of aromatic nitrogens is 2. The number of nitrogens with one attached hydrogen (secondary N) is 2. The minimum Gasteiger partial charge on any atom is -0.490 e. The molecule has 0 saturated heterocycles. The van der Waals surface area contributed by atoms with Gasteiger partial charge >= 0.3 is 6.18 Å². The van der Waals surface area contributed by atoms with Gasteiger partial charge in [-0.15, -0.1) is 11.3 Å². The molecule has 32 heavy (non-hydrogen) atoms. The molecule has 0 spiro atoms. The number of fused-ring (bicyclic) bond motifs is 1. The summed E-state index contributed by atoms with van der Waals surface area (Å²) < 4.78 is 44.3. The van der Waals surface area contributed by atoms with Crippen molar-refractivity contribution in [1.29, 1.82) is 0 Å². The van der Waals surface area contributed by atoms with E-state index in [4.69, 9.17) is 4.74 Å². The van der Waals surface area contributed by atoms with Gasteiger partial charge in [0.05, 0.1) is 17.4 Å². The summed E-state index contributed by atoms with van der Waals surface area (Å²) in [7, 11) is 0. The summed E-state index contributed by atoms with van der Waals surface area (Å²) in [6, 6.07) is 11.0. The van der Waals surface area contributed by atoms with Crippen LogP contribution in [0.1, 0.15) is 39.7 Å². The SMILES string of the molecule is O=C(Nc1c[nH]c2ccc(O[C@H]3C[C@@H](c4ccc(C(F)(F)F)cc4)C3)cc12)c1nccs1. The second-order valence-corrected chi connectivity index (χ2v) is 8.62. The van der Waals surface area contributed by atoms with Crippen LogP contribution in [0.15, 0.2) is 60.2 Å². The molecule has 1 aliphatic carbocycles. The molecule has 2 N–H and O–H groups in total. The van der Waals surface area contributed by atoms with Crippen LogP contribution in [0, 0.1) is 0 Å². The number of hydrogen-bond acceptors (Lipinski definition) is 4. The summed E-state index contributed by atoms with van der Waals surface area (Å²) in [6.45, 7) is 0. The first-order valence-electron chi connectivity index (χ1n) is 10.0. The first kappa shape index (κ1) is 20.6. The molecule has 0 aliphatic heterocycles. The van der Waals surface area contributed by atoms with Gasteiger partial charge < -0.3 is 15.0 Å². The fraction of sp³-hybridized carbons (Fsp3) is 0.217. The van der Waals surface area contributed by atoms with Crippen molar-refractivity contribution >= 4 is 33.8 Å². The van der Waals surface area contributed by atoms with Gasteiger partial charge in [0.15, 0.2) is 5.01 Å². The third kappa shape index (κ3) is 4.08. The Labute approximate surface area is 185 Å². The first-order chi connectivity index (χ1) is 15.4. The molecule has 5 nitrogen and oxygen atoms in total. The zero-order valence-electron chi connectivity index (χ0n) is 16.6. The van der Waals surface area contributed by atoms with E-state index < -0.39 is 11.7 Å². The molecule has 164 valence electrons. The van der Waals surface area contributed by atoms with E-state index >= 15 is 0 Å². The van der Waals surface area contributed by atoms with E-state index in [1.165, 1.54) is 11.3 Å². The number of carbonyl (C=O) groups excluding carboxylic acids is 1. The van der Waals surface area contributed by atoms with Crippen molar-refractivity contribution in [2.45, 2.75) is 31.0 Å². The quantitative estimate of drug-likeness (QED) is 0.374. The van der Waals surface area contributed by atoms with Crippen molar-refractivity contribution in [2.75, 3.05) is 5.32 Å². The number of benzene rings is 2. The highest BCUT2D eigenvalue weighted by molar-refractivity contribution is 7.11. The number of thiazole rings is 1. The van der Waals surface area contributed by atoms with Gasteiger partial charge in [-0.3, -0.25) is 4.79 Å². The van der Waals surface area contributed by atoms with Crippen LogP contribution in [0.4, 0.5) is 18.9 Å². The Morgan fingerprint density at radius 2 is 1.94 bits per heavy atom. The van der Waals surface area contributed by atoms with Crippen LogP contribution >= 0.6 is 11.3 Å². The average molecular weight is 457 g/mol. The summed E-state index contributed by atoms with van der Waals surface area (Å²) in [4.78, 5) is 19.5. The maximum absolute atomic E-state index is 12.7. The molecule has 1 amide bonds. The Morgan fingerprint density at radius 1 is 1.16 bits per heavy atom. The minimum absolute atomic E-state index is 0.00737. The van der Waals surface area contributed by atoms with Gasteiger partial charge in [-0.25, -0.2) is 4.98 Å². The number of H-pyrrole nitrogens is 1. The number of amides is 1. The highest BCUT2D eigenvalue weighted by Gasteiger charge is 2.34. The van der Waals surface area contributed by atoms with Crippen molar-refractivity contribution in [1.82, 2.24) is 9.97 Å². The minimum atomic E-state index is -4.32. The maximum atomic E-state index is 12.7. The van der Waals surface area contributed by atoms with Crippen LogP contribution in [-0.4, -0.2) is 22.0 Å². The zero-order valence-corrected chi connectivity index (χ0v) is 17.5. The fourth-order valence-corrected chi connectivity index (χ4v) is 4.39. The molecule has 1 saturated carbocycles. The Morgan fingerprint density at radius 3 is 2.62 bits per heavy atom. The van der Waals surface area contributed by atoms with Gasteiger partial charge in [-0.05, 0) is 54.7 Å². The van der Waals surface area contributed by atoms with Crippen molar-refractivity contribution in [3.05, 3.63) is 76.4 Å². The monoisotopic (exact) mass is 457 g/mol. The molecule has 2 aromatic heterocycles. The molecular weight excluding hydrogens is 439 g/mol. The topological polar surface area (TPSA) is 67.0 Å². The predicted octanol–water partition coefficient (Wildman–Crippen LogP) is 6.22. The molecule has 0 unspecified atom stereocenters. The zero-order chi connectivity index (χ0) is 22.3. The van der Waals surface area contributed by atoms with Gasteiger partial charge in [0.1, 0.15) is 5.75 Å². The van der Waals surface area contributed by atoms with Crippen LogP contribution < -0.4 is 10.1 Å². The molecule has 5 rings (SSSR count). The summed E-state index contributed by atoms with van der Waals surface area (Å²) in [5.74, 6) is 0.592. The van der Waals surface area contributed by atoms with E-state index in [9.17, 15) is 18.0 Å². The Bertz CT molecular complexity index is 1240. The van der Waals surface area contributed by atoms with Gasteiger partial charge in [0, 0.05) is 28.7 Å². The van der Waals surface area contributed by atoms with Crippen LogP contribution in [0.5, 0.6) is 5.75 Å². The number of aromatic amines is 1. The number of alkyl halides is 3. The van der Waals surface area contributed by atoms with Gasteiger partial charge in [0.25, 0.3) is 5.91 Å². The van der Waals surface area contributed by atoms with Crippen LogP contribution in [0.25, 0.3) is 10.9 Å². The van der Waals surface area contributed by atoms with E-state index in [2.05, 4.69) is 15.3 Å². The van der Waals surface area contributed by atoms with Crippen molar-refractivity contribution < 1.29 is 22.7 Å². The molecule has 2 aromatic carbocycles. The highest BCUT2D eigenvalue weighted by Crippen LogP contribution is 2.41. The number of carbonyl (C=O) groups is 1. The third-order valence-corrected chi connectivity index (χ3v) is 6.41. The Hall–Kier alpha value is -3.33. The van der Waals surface area contributed by atoms with E-state index in [0.29, 0.717) is 16.4 Å². The van der Waals surface area contributed by atoms with Gasteiger partial charge in [-0.1, -0.05) is 12.1 Å². The second kappa shape index (κ2) is 7.98. The number of rotatable bonds is 5. The molecule has 1 fully saturated rings. The largest absolute Gasteiger partial charge is 0.490 e. The average Bonchev–Trinajstić information content (AvgIpc) is 3.40. The summed E-state index contributed by atoms with van der Waals surface area (Å²) in [5, 5.41) is 5.81. The smallest absolute Gasteiger partial charge is 0.416 e. The lowest BCUT2D eigenvalue weighted by atomic mass is 9.77. The van der Waals surface area contributed by atoms with E-state index in [1.807, 2.05) is 18.2 Å². The molecule has 0 radical (unpaired) electrons. The summed E-state index contributed by atoms with van der Waals surface area (Å²) in [5.41, 5.74) is 1.77. The Balaban J connectivity index is 1.23. The lowest BCUT2D eigenvalue weighted by Gasteiger charge is -2.35. The number of ether oxygens (including phenoxy) is 1. The molecule has 2 heterocycles. The lowest BCUT2D eigenvalue weighted by Crippen LogP contribution is -2.32. The molecule has 0 atom stereocenters. The van der Waals surface area contributed by atoms with Crippen molar-refractivity contribution in [2.24, 2.45) is 0 Å². The molecule has 1 aliphatic rings.